The maximum absolute atomic E-state index is 11.9. The second kappa shape index (κ2) is 9.36. The number of nitrogens with zero attached hydrogens (tertiary/aromatic N) is 8. The highest BCUT2D eigenvalue weighted by molar-refractivity contribution is 5.92. The zero-order valence-electron chi connectivity index (χ0n) is 23.3. The van der Waals surface area contributed by atoms with Crippen molar-refractivity contribution in [2.75, 3.05) is 29.4 Å². The van der Waals surface area contributed by atoms with E-state index in [9.17, 15) is 9.90 Å². The highest BCUT2D eigenvalue weighted by Crippen LogP contribution is 2.38. The van der Waals surface area contributed by atoms with Gasteiger partial charge in [0.15, 0.2) is 5.65 Å². The van der Waals surface area contributed by atoms with Gasteiger partial charge in [-0.15, -0.1) is 0 Å². The summed E-state index contributed by atoms with van der Waals surface area (Å²) >= 11 is 0. The summed E-state index contributed by atoms with van der Waals surface area (Å²) in [6, 6.07) is 8.35. The van der Waals surface area contributed by atoms with Crippen LogP contribution in [0.5, 0.6) is 0 Å². The van der Waals surface area contributed by atoms with E-state index in [2.05, 4.69) is 33.8 Å². The average molecular weight is 529 g/mol. The number of piperidine rings is 1. The molecule has 2 aliphatic heterocycles. The van der Waals surface area contributed by atoms with Gasteiger partial charge in [-0.05, 0) is 65.5 Å². The number of amides is 1. The molecule has 1 aromatic carbocycles. The fourth-order valence-electron chi connectivity index (χ4n) is 6.26. The number of aromatic nitrogens is 5. The normalized spacial score (nSPS) is 18.5. The number of benzene rings is 1. The van der Waals surface area contributed by atoms with E-state index in [-0.39, 0.29) is 12.1 Å². The van der Waals surface area contributed by atoms with Crippen LogP contribution in [0.25, 0.3) is 16.6 Å². The first-order valence-corrected chi connectivity index (χ1v) is 13.7. The van der Waals surface area contributed by atoms with E-state index in [1.807, 2.05) is 50.5 Å². The Morgan fingerprint density at radius 3 is 2.62 bits per heavy atom. The van der Waals surface area contributed by atoms with Gasteiger partial charge >= 0.3 is 6.09 Å². The molecule has 10 nitrogen and oxygen atoms in total. The van der Waals surface area contributed by atoms with Gasteiger partial charge in [-0.3, -0.25) is 4.90 Å². The molecule has 5 heterocycles. The van der Waals surface area contributed by atoms with Crippen molar-refractivity contribution in [1.82, 2.24) is 29.5 Å². The molecule has 10 heteroatoms. The molecule has 39 heavy (non-hydrogen) atoms. The minimum atomic E-state index is -0.878. The van der Waals surface area contributed by atoms with Crippen molar-refractivity contribution in [2.45, 2.75) is 71.5 Å². The molecular formula is C29H36N8O2. The minimum absolute atomic E-state index is 0.0534. The molecule has 2 saturated heterocycles. The highest BCUT2D eigenvalue weighted by Gasteiger charge is 2.41. The quantitative estimate of drug-likeness (QED) is 0.395. The lowest BCUT2D eigenvalue weighted by molar-refractivity contribution is 0.0600. The fraction of sp³-hybridized carbons (Fsp3) is 0.483. The van der Waals surface area contributed by atoms with Crippen molar-refractivity contribution in [3.05, 3.63) is 53.6 Å². The number of fused-ring (bicyclic) bond motifs is 2. The molecule has 4 aromatic rings. The zero-order valence-corrected chi connectivity index (χ0v) is 23.3. The van der Waals surface area contributed by atoms with E-state index in [1.54, 1.807) is 11.2 Å². The van der Waals surface area contributed by atoms with Gasteiger partial charge in [-0.25, -0.2) is 24.3 Å². The largest absolute Gasteiger partial charge is 0.465 e. The second-order valence-electron chi connectivity index (χ2n) is 11.9. The third-order valence-corrected chi connectivity index (χ3v) is 8.05. The van der Waals surface area contributed by atoms with Crippen LogP contribution in [0, 0.1) is 13.8 Å². The molecule has 1 unspecified atom stereocenters. The maximum Gasteiger partial charge on any atom is 0.408 e. The molecule has 0 radical (unpaired) electrons. The molecule has 1 amide bonds. The lowest BCUT2D eigenvalue weighted by Gasteiger charge is -2.49. The molecule has 2 aliphatic rings. The second-order valence-corrected chi connectivity index (χ2v) is 11.9. The van der Waals surface area contributed by atoms with Crippen LogP contribution in [-0.2, 0) is 0 Å². The summed E-state index contributed by atoms with van der Waals surface area (Å²) in [6.07, 6.45) is 6.06. The van der Waals surface area contributed by atoms with E-state index in [4.69, 9.17) is 15.1 Å². The van der Waals surface area contributed by atoms with E-state index in [0.29, 0.717) is 13.1 Å². The smallest absolute Gasteiger partial charge is 0.408 e. The average Bonchev–Trinajstić information content (AvgIpc) is 3.27. The summed E-state index contributed by atoms with van der Waals surface area (Å²) < 4.78 is 1.88. The molecule has 3 aromatic heterocycles. The van der Waals surface area contributed by atoms with Crippen LogP contribution in [0.3, 0.4) is 0 Å². The highest BCUT2D eigenvalue weighted by atomic mass is 16.4. The first kappa shape index (κ1) is 25.3. The Balaban J connectivity index is 1.30. The molecule has 0 spiro atoms. The standard InChI is InChI=1S/C29H36N8O2/c1-18-9-8-10-21-25(18)27(31-17-30-21)35-12-7-6-11-23(35)22-13-24-32-26(19(2)14-36(24)33-22)34-15-20(16-34)37(28(38)39)29(3,4)5/h8-10,13-14,17,20,23H,6-7,11-12,15-16H2,1-5H3,(H,38,39). The van der Waals surface area contributed by atoms with Gasteiger partial charge < -0.3 is 14.9 Å². The Morgan fingerprint density at radius 1 is 1.08 bits per heavy atom. The molecule has 204 valence electrons. The van der Waals surface area contributed by atoms with Crippen LogP contribution >= 0.6 is 0 Å². The molecule has 0 saturated carbocycles. The van der Waals surface area contributed by atoms with Crippen LogP contribution < -0.4 is 9.80 Å². The molecule has 6 rings (SSSR count). The molecule has 2 fully saturated rings. The van der Waals surface area contributed by atoms with Crippen LogP contribution in [0.1, 0.15) is 62.9 Å². The predicted molar refractivity (Wildman–Crippen MR) is 152 cm³/mol. The van der Waals surface area contributed by atoms with Gasteiger partial charge in [-0.1, -0.05) is 12.1 Å². The maximum atomic E-state index is 11.9. The molecule has 1 N–H and O–H groups in total. The van der Waals surface area contributed by atoms with E-state index < -0.39 is 11.6 Å². The van der Waals surface area contributed by atoms with Crippen molar-refractivity contribution in [3.8, 4) is 0 Å². The van der Waals surface area contributed by atoms with Gasteiger partial charge in [0, 0.05) is 48.4 Å². The Morgan fingerprint density at radius 2 is 1.87 bits per heavy atom. The minimum Gasteiger partial charge on any atom is -0.465 e. The zero-order chi connectivity index (χ0) is 27.5. The Hall–Kier alpha value is -3.95. The lowest BCUT2D eigenvalue weighted by Crippen LogP contribution is -2.65. The Kier molecular flexibility index (Phi) is 6.08. The number of aryl methyl sites for hydroxylation is 2. The van der Waals surface area contributed by atoms with Crippen molar-refractivity contribution < 1.29 is 9.90 Å². The molecular weight excluding hydrogens is 492 g/mol. The number of carboxylic acid groups (broad SMARTS) is 1. The van der Waals surface area contributed by atoms with E-state index in [0.717, 1.165) is 65.3 Å². The van der Waals surface area contributed by atoms with Crippen LogP contribution in [0.2, 0.25) is 0 Å². The summed E-state index contributed by atoms with van der Waals surface area (Å²) in [5.41, 5.74) is 4.49. The summed E-state index contributed by atoms with van der Waals surface area (Å²) in [6.45, 7) is 12.1. The summed E-state index contributed by atoms with van der Waals surface area (Å²) in [7, 11) is 0. The number of hydrogen-bond acceptors (Lipinski definition) is 7. The number of hydrogen-bond donors (Lipinski definition) is 1. The van der Waals surface area contributed by atoms with Crippen molar-refractivity contribution in [2.24, 2.45) is 0 Å². The predicted octanol–water partition coefficient (Wildman–Crippen LogP) is 4.99. The Bertz CT molecular complexity index is 1550. The van der Waals surface area contributed by atoms with Gasteiger partial charge in [0.1, 0.15) is 18.0 Å². The first-order valence-electron chi connectivity index (χ1n) is 13.7. The van der Waals surface area contributed by atoms with Gasteiger partial charge in [0.2, 0.25) is 0 Å². The van der Waals surface area contributed by atoms with Crippen LogP contribution in [0.15, 0.2) is 36.8 Å². The first-order chi connectivity index (χ1) is 18.6. The van der Waals surface area contributed by atoms with Crippen molar-refractivity contribution >= 4 is 34.3 Å². The van der Waals surface area contributed by atoms with Gasteiger partial charge in [0.05, 0.1) is 23.3 Å². The number of anilines is 2. The third-order valence-electron chi connectivity index (χ3n) is 8.05. The summed E-state index contributed by atoms with van der Waals surface area (Å²) in [5, 5.41) is 15.9. The van der Waals surface area contributed by atoms with Gasteiger partial charge in [0.25, 0.3) is 0 Å². The summed E-state index contributed by atoms with van der Waals surface area (Å²) in [5.74, 6) is 1.86. The SMILES string of the molecule is Cc1cn2nc(C3CCCCN3c3ncnc4cccc(C)c34)cc2nc1N1CC(N(C(=O)O)C(C)(C)C)C1. The number of carbonyl (C=O) groups is 1. The number of rotatable bonds is 4. The van der Waals surface area contributed by atoms with Crippen molar-refractivity contribution in [3.63, 3.8) is 0 Å². The molecule has 1 atom stereocenters. The lowest BCUT2D eigenvalue weighted by atomic mass is 9.98. The van der Waals surface area contributed by atoms with E-state index >= 15 is 0 Å². The van der Waals surface area contributed by atoms with Gasteiger partial charge in [-0.2, -0.15) is 5.10 Å². The summed E-state index contributed by atoms with van der Waals surface area (Å²) in [4.78, 5) is 32.3. The molecule has 0 aliphatic carbocycles. The Labute approximate surface area is 228 Å². The monoisotopic (exact) mass is 528 g/mol. The topological polar surface area (TPSA) is 103 Å². The van der Waals surface area contributed by atoms with Crippen LogP contribution in [0.4, 0.5) is 16.4 Å². The van der Waals surface area contributed by atoms with E-state index in [1.165, 1.54) is 5.56 Å². The van der Waals surface area contributed by atoms with Crippen molar-refractivity contribution in [1.29, 1.82) is 0 Å². The van der Waals surface area contributed by atoms with Crippen LogP contribution in [-0.4, -0.2) is 71.9 Å². The fourth-order valence-corrected chi connectivity index (χ4v) is 6.26. The molecule has 0 bridgehead atoms. The third kappa shape index (κ3) is 4.41.